The van der Waals surface area contributed by atoms with Gasteiger partial charge in [-0.2, -0.15) is 0 Å². The number of nitrogens with two attached hydrogens (primary N) is 1. The monoisotopic (exact) mass is 209 g/mol. The Morgan fingerprint density at radius 2 is 2.47 bits per heavy atom. The van der Waals surface area contributed by atoms with Gasteiger partial charge in [-0.25, -0.2) is 4.79 Å². The molecule has 0 aromatic rings. The Balaban J connectivity index is 2.01. The molecule has 0 amide bonds. The summed E-state index contributed by atoms with van der Waals surface area (Å²) in [4.78, 5) is 23.5. The zero-order valence-corrected chi connectivity index (χ0v) is 8.23. The van der Waals surface area contributed by atoms with Crippen molar-refractivity contribution in [2.75, 3.05) is 6.61 Å². The lowest BCUT2D eigenvalue weighted by Gasteiger charge is -2.18. The topological polar surface area (TPSA) is 81.9 Å². The zero-order chi connectivity index (χ0) is 10.8. The molecule has 1 saturated heterocycles. The van der Waals surface area contributed by atoms with E-state index in [0.717, 1.165) is 0 Å². The molecule has 5 heteroatoms. The third-order valence-corrected chi connectivity index (χ3v) is 3.47. The maximum atomic E-state index is 11.8. The number of ketones is 1. The van der Waals surface area contributed by atoms with Crippen LogP contribution < -0.4 is 5.73 Å². The van der Waals surface area contributed by atoms with Crippen LogP contribution in [0.15, 0.2) is 12.2 Å². The van der Waals surface area contributed by atoms with Gasteiger partial charge in [-0.1, -0.05) is 6.08 Å². The lowest BCUT2D eigenvalue weighted by molar-refractivity contribution is -0.150. The molecule has 4 atom stereocenters. The van der Waals surface area contributed by atoms with Gasteiger partial charge >= 0.3 is 5.97 Å². The first-order valence-corrected chi connectivity index (χ1v) is 4.97. The summed E-state index contributed by atoms with van der Waals surface area (Å²) in [6, 6.07) is -0.603. The Hall–Kier alpha value is -1.20. The van der Waals surface area contributed by atoms with Crippen molar-refractivity contribution in [1.82, 2.24) is 0 Å². The van der Waals surface area contributed by atoms with Crippen LogP contribution in [-0.2, 0) is 19.1 Å². The van der Waals surface area contributed by atoms with E-state index in [4.69, 9.17) is 15.2 Å². The van der Waals surface area contributed by atoms with Gasteiger partial charge in [0.05, 0.1) is 18.6 Å². The second kappa shape index (κ2) is 2.31. The van der Waals surface area contributed by atoms with Crippen molar-refractivity contribution in [3.8, 4) is 0 Å². The lowest BCUT2D eigenvalue weighted by Crippen LogP contribution is -2.48. The molecule has 3 rings (SSSR count). The zero-order valence-electron chi connectivity index (χ0n) is 8.23. The molecule has 2 bridgehead atoms. The average Bonchev–Trinajstić information content (AvgIpc) is 2.77. The highest BCUT2D eigenvalue weighted by molar-refractivity contribution is 6.12. The summed E-state index contributed by atoms with van der Waals surface area (Å²) in [5.41, 5.74) is 3.54. The maximum absolute atomic E-state index is 11.8. The molecule has 80 valence electrons. The normalized spacial score (nSPS) is 49.3. The van der Waals surface area contributed by atoms with E-state index in [9.17, 15) is 9.59 Å². The number of carbonyl (C=O) groups is 2. The summed E-state index contributed by atoms with van der Waals surface area (Å²) in [7, 11) is 0. The fraction of sp³-hybridized carbons (Fsp3) is 0.600. The number of hydrogen-bond donors (Lipinski definition) is 1. The van der Waals surface area contributed by atoms with Crippen LogP contribution in [0.2, 0.25) is 0 Å². The van der Waals surface area contributed by atoms with Gasteiger partial charge in [-0.3, -0.25) is 4.79 Å². The third kappa shape index (κ3) is 0.682. The molecule has 1 spiro atoms. The minimum atomic E-state index is -1.22. The fourth-order valence-electron chi connectivity index (χ4n) is 2.69. The standard InChI is InChI=1S/C10H11NO4/c1-2-14-8(13)10-6(11)5-3-4-9(10,15-10)7(5)12/h3-6H,2,11H2,1H3. The third-order valence-electron chi connectivity index (χ3n) is 3.47. The van der Waals surface area contributed by atoms with Crippen LogP contribution in [0.3, 0.4) is 0 Å². The van der Waals surface area contributed by atoms with Crippen molar-refractivity contribution in [3.05, 3.63) is 12.2 Å². The quantitative estimate of drug-likeness (QED) is 0.364. The molecule has 5 nitrogen and oxygen atoms in total. The molecule has 1 heterocycles. The Morgan fingerprint density at radius 1 is 1.73 bits per heavy atom. The largest absolute Gasteiger partial charge is 0.464 e. The van der Waals surface area contributed by atoms with E-state index in [-0.39, 0.29) is 18.3 Å². The van der Waals surface area contributed by atoms with Crippen LogP contribution in [-0.4, -0.2) is 35.6 Å². The Bertz CT molecular complexity index is 404. The number of esters is 1. The smallest absolute Gasteiger partial charge is 0.344 e. The van der Waals surface area contributed by atoms with E-state index in [1.54, 1.807) is 19.1 Å². The Kier molecular flexibility index (Phi) is 1.39. The van der Waals surface area contributed by atoms with Crippen LogP contribution >= 0.6 is 0 Å². The molecule has 2 N–H and O–H groups in total. The first-order valence-electron chi connectivity index (χ1n) is 4.97. The summed E-state index contributed by atoms with van der Waals surface area (Å²) < 4.78 is 10.2. The molecule has 15 heavy (non-hydrogen) atoms. The van der Waals surface area contributed by atoms with Gasteiger partial charge in [0.1, 0.15) is 0 Å². The number of hydrogen-bond acceptors (Lipinski definition) is 5. The second-order valence-electron chi connectivity index (χ2n) is 4.07. The molecule has 0 radical (unpaired) electrons. The van der Waals surface area contributed by atoms with E-state index in [1.165, 1.54) is 0 Å². The van der Waals surface area contributed by atoms with Crippen LogP contribution in [0.1, 0.15) is 6.92 Å². The number of ether oxygens (including phenoxy) is 2. The van der Waals surface area contributed by atoms with Gasteiger partial charge in [0, 0.05) is 0 Å². The number of carbonyl (C=O) groups excluding carboxylic acids is 2. The molecule has 2 aliphatic carbocycles. The van der Waals surface area contributed by atoms with E-state index >= 15 is 0 Å². The van der Waals surface area contributed by atoms with Crippen LogP contribution in [0.5, 0.6) is 0 Å². The Labute approximate surface area is 86.2 Å². The minimum absolute atomic E-state index is 0.108. The average molecular weight is 209 g/mol. The predicted octanol–water partition coefficient (Wildman–Crippen LogP) is -0.847. The highest BCUT2D eigenvalue weighted by Crippen LogP contribution is 2.63. The number of fused-ring (bicyclic) bond motifs is 1. The van der Waals surface area contributed by atoms with Gasteiger partial charge in [0.2, 0.25) is 5.60 Å². The molecule has 4 unspecified atom stereocenters. The van der Waals surface area contributed by atoms with Crippen molar-refractivity contribution in [2.45, 2.75) is 24.2 Å². The highest BCUT2D eigenvalue weighted by atomic mass is 16.7. The van der Waals surface area contributed by atoms with E-state index in [1.807, 2.05) is 0 Å². The van der Waals surface area contributed by atoms with Crippen LogP contribution in [0.25, 0.3) is 0 Å². The van der Waals surface area contributed by atoms with Crippen molar-refractivity contribution >= 4 is 11.8 Å². The predicted molar refractivity (Wildman–Crippen MR) is 48.8 cm³/mol. The summed E-state index contributed by atoms with van der Waals surface area (Å²) >= 11 is 0. The SMILES string of the molecule is CCOC(=O)C12OC13C=CC(C3=O)C2N. The van der Waals surface area contributed by atoms with E-state index < -0.39 is 23.2 Å². The molecule has 0 aromatic heterocycles. The fourth-order valence-corrected chi connectivity index (χ4v) is 2.69. The Morgan fingerprint density at radius 3 is 3.00 bits per heavy atom. The molecule has 2 fully saturated rings. The highest BCUT2D eigenvalue weighted by Gasteiger charge is 2.89. The van der Waals surface area contributed by atoms with Crippen molar-refractivity contribution in [2.24, 2.45) is 11.7 Å². The maximum Gasteiger partial charge on any atom is 0.344 e. The van der Waals surface area contributed by atoms with Gasteiger partial charge < -0.3 is 15.2 Å². The summed E-state index contributed by atoms with van der Waals surface area (Å²) in [5.74, 6) is -1.01. The van der Waals surface area contributed by atoms with Crippen LogP contribution in [0.4, 0.5) is 0 Å². The first-order chi connectivity index (χ1) is 7.10. The number of rotatable bonds is 2. The van der Waals surface area contributed by atoms with Crippen molar-refractivity contribution in [3.63, 3.8) is 0 Å². The van der Waals surface area contributed by atoms with Gasteiger partial charge in [0.25, 0.3) is 0 Å². The molecule has 0 aromatic carbocycles. The van der Waals surface area contributed by atoms with Crippen molar-refractivity contribution < 1.29 is 19.1 Å². The molecular weight excluding hydrogens is 198 g/mol. The molecular formula is C10H11NO4. The van der Waals surface area contributed by atoms with Crippen LogP contribution in [0, 0.1) is 5.92 Å². The molecule has 1 aliphatic heterocycles. The number of Topliss-reactive ketones (excluding diaryl/α,β-unsaturated/α-hetero) is 1. The summed E-state index contributed by atoms with van der Waals surface area (Å²) in [6.07, 6.45) is 3.36. The minimum Gasteiger partial charge on any atom is -0.464 e. The van der Waals surface area contributed by atoms with Crippen molar-refractivity contribution in [1.29, 1.82) is 0 Å². The second-order valence-corrected chi connectivity index (χ2v) is 4.07. The summed E-state index contributed by atoms with van der Waals surface area (Å²) in [5, 5.41) is 0. The van der Waals surface area contributed by atoms with E-state index in [2.05, 4.69) is 0 Å². The lowest BCUT2D eigenvalue weighted by atomic mass is 9.89. The van der Waals surface area contributed by atoms with E-state index in [0.29, 0.717) is 0 Å². The number of epoxide rings is 1. The first kappa shape index (κ1) is 9.06. The van der Waals surface area contributed by atoms with Gasteiger partial charge in [-0.15, -0.1) is 0 Å². The molecule has 3 aliphatic rings. The summed E-state index contributed by atoms with van der Waals surface area (Å²) in [6.45, 7) is 1.97. The van der Waals surface area contributed by atoms with Gasteiger partial charge in [-0.05, 0) is 13.0 Å². The van der Waals surface area contributed by atoms with Gasteiger partial charge in [0.15, 0.2) is 11.4 Å². The molecule has 1 saturated carbocycles.